The van der Waals surface area contributed by atoms with Crippen molar-refractivity contribution in [2.24, 2.45) is 5.92 Å². The first-order valence-electron chi connectivity index (χ1n) is 4.75. The van der Waals surface area contributed by atoms with Gasteiger partial charge >= 0.3 is 0 Å². The summed E-state index contributed by atoms with van der Waals surface area (Å²) in [4.78, 5) is 13.6. The smallest absolute Gasteiger partial charge is 0.189 e. The van der Waals surface area contributed by atoms with Gasteiger partial charge < -0.3 is 0 Å². The summed E-state index contributed by atoms with van der Waals surface area (Å²) in [5.74, 6) is -0.502. The second-order valence-electron chi connectivity index (χ2n) is 3.07. The van der Waals surface area contributed by atoms with Crippen LogP contribution in [0.5, 0.6) is 0 Å². The monoisotopic (exact) mass is 207 g/mol. The van der Waals surface area contributed by atoms with Crippen molar-refractivity contribution < 1.29 is 4.79 Å². The van der Waals surface area contributed by atoms with E-state index in [2.05, 4.69) is 6.92 Å². The molecule has 0 saturated carbocycles. The highest BCUT2D eigenvalue weighted by atomic mass is 32.1. The molecule has 1 rings (SSSR count). The van der Waals surface area contributed by atoms with Crippen molar-refractivity contribution in [3.63, 3.8) is 0 Å². The summed E-state index contributed by atoms with van der Waals surface area (Å²) in [5, 5.41) is 8.76. The molecule has 0 aromatic carbocycles. The van der Waals surface area contributed by atoms with Crippen LogP contribution in [0.4, 0.5) is 0 Å². The van der Waals surface area contributed by atoms with Crippen LogP contribution in [0.25, 0.3) is 0 Å². The van der Waals surface area contributed by atoms with E-state index in [1.165, 1.54) is 16.2 Å². The second kappa shape index (κ2) is 4.92. The third kappa shape index (κ3) is 2.21. The van der Waals surface area contributed by atoms with E-state index in [1.807, 2.05) is 25.1 Å². The van der Waals surface area contributed by atoms with Crippen LogP contribution in [0.3, 0.4) is 0 Å². The van der Waals surface area contributed by atoms with Gasteiger partial charge in [-0.15, -0.1) is 11.3 Å². The zero-order valence-electron chi connectivity index (χ0n) is 8.41. The van der Waals surface area contributed by atoms with Gasteiger partial charge in [0, 0.05) is 4.88 Å². The Kier molecular flexibility index (Phi) is 3.84. The van der Waals surface area contributed by atoms with Gasteiger partial charge in [-0.3, -0.25) is 4.79 Å². The quantitative estimate of drug-likeness (QED) is 0.712. The third-order valence-electron chi connectivity index (χ3n) is 2.13. The Bertz CT molecular complexity index is 362. The fourth-order valence-corrected chi connectivity index (χ4v) is 2.15. The minimum atomic E-state index is -0.474. The Labute approximate surface area is 88.2 Å². The highest BCUT2D eigenvalue weighted by Crippen LogP contribution is 2.21. The molecule has 3 heteroatoms. The van der Waals surface area contributed by atoms with Crippen molar-refractivity contribution in [3.05, 3.63) is 21.9 Å². The van der Waals surface area contributed by atoms with Gasteiger partial charge in [-0.1, -0.05) is 13.8 Å². The predicted octanol–water partition coefficient (Wildman–Crippen LogP) is 3.04. The molecule has 1 unspecified atom stereocenters. The SMILES string of the molecule is CCc1ccc(C(=O)C(C#N)CC)s1. The molecule has 1 aromatic heterocycles. The zero-order chi connectivity index (χ0) is 10.6. The van der Waals surface area contributed by atoms with E-state index < -0.39 is 5.92 Å². The number of hydrogen-bond donors (Lipinski definition) is 0. The molecule has 14 heavy (non-hydrogen) atoms. The van der Waals surface area contributed by atoms with Crippen LogP contribution in [0.1, 0.15) is 34.8 Å². The molecule has 0 radical (unpaired) electrons. The van der Waals surface area contributed by atoms with Gasteiger partial charge in [0.15, 0.2) is 5.78 Å². The lowest BCUT2D eigenvalue weighted by Gasteiger charge is -2.01. The molecule has 0 aliphatic carbocycles. The number of rotatable bonds is 4. The summed E-state index contributed by atoms with van der Waals surface area (Å²) in [6, 6.07) is 5.82. The molecule has 0 aliphatic heterocycles. The van der Waals surface area contributed by atoms with E-state index in [1.54, 1.807) is 0 Å². The molecule has 0 bridgehead atoms. The maximum Gasteiger partial charge on any atom is 0.189 e. The molecule has 0 amide bonds. The topological polar surface area (TPSA) is 40.9 Å². The second-order valence-corrected chi connectivity index (χ2v) is 4.24. The highest BCUT2D eigenvalue weighted by molar-refractivity contribution is 7.14. The minimum Gasteiger partial charge on any atom is -0.292 e. The molecular formula is C11H13NOS. The summed E-state index contributed by atoms with van der Waals surface area (Å²) < 4.78 is 0. The number of carbonyl (C=O) groups excluding carboxylic acids is 1. The summed E-state index contributed by atoms with van der Waals surface area (Å²) in [6.45, 7) is 3.92. The molecule has 0 N–H and O–H groups in total. The number of Topliss-reactive ketones (excluding diaryl/α,β-unsaturated/α-hetero) is 1. The molecule has 0 saturated heterocycles. The molecule has 1 aromatic rings. The molecule has 74 valence electrons. The van der Waals surface area contributed by atoms with E-state index in [9.17, 15) is 4.79 Å². The van der Waals surface area contributed by atoms with Gasteiger partial charge in [0.05, 0.1) is 10.9 Å². The fraction of sp³-hybridized carbons (Fsp3) is 0.455. The van der Waals surface area contributed by atoms with Crippen LogP contribution < -0.4 is 0 Å². The molecular weight excluding hydrogens is 194 g/mol. The maximum absolute atomic E-state index is 11.7. The van der Waals surface area contributed by atoms with Crippen molar-refractivity contribution in [3.8, 4) is 6.07 Å². The highest BCUT2D eigenvalue weighted by Gasteiger charge is 2.18. The molecule has 0 aliphatic rings. The average molecular weight is 207 g/mol. The van der Waals surface area contributed by atoms with E-state index in [-0.39, 0.29) is 5.78 Å². The predicted molar refractivity (Wildman–Crippen MR) is 57.4 cm³/mol. The number of nitriles is 1. The van der Waals surface area contributed by atoms with Gasteiger partial charge in [0.25, 0.3) is 0 Å². The van der Waals surface area contributed by atoms with E-state index in [0.717, 1.165) is 11.3 Å². The summed E-state index contributed by atoms with van der Waals surface area (Å²) in [7, 11) is 0. The largest absolute Gasteiger partial charge is 0.292 e. The van der Waals surface area contributed by atoms with Crippen molar-refractivity contribution in [1.82, 2.24) is 0 Å². The molecule has 2 nitrogen and oxygen atoms in total. The van der Waals surface area contributed by atoms with Crippen LogP contribution in [0.15, 0.2) is 12.1 Å². The first-order valence-corrected chi connectivity index (χ1v) is 5.57. The average Bonchev–Trinajstić information content (AvgIpc) is 2.67. The van der Waals surface area contributed by atoms with E-state index >= 15 is 0 Å². The number of nitrogens with zero attached hydrogens (tertiary/aromatic N) is 1. The van der Waals surface area contributed by atoms with Crippen LogP contribution in [0.2, 0.25) is 0 Å². The van der Waals surface area contributed by atoms with Crippen LogP contribution >= 0.6 is 11.3 Å². The lowest BCUT2D eigenvalue weighted by atomic mass is 10.0. The first kappa shape index (κ1) is 10.9. The van der Waals surface area contributed by atoms with Crippen LogP contribution in [-0.4, -0.2) is 5.78 Å². The fourth-order valence-electron chi connectivity index (χ4n) is 1.21. The minimum absolute atomic E-state index is 0.0281. The van der Waals surface area contributed by atoms with Crippen molar-refractivity contribution in [2.45, 2.75) is 26.7 Å². The van der Waals surface area contributed by atoms with Crippen molar-refractivity contribution >= 4 is 17.1 Å². The van der Waals surface area contributed by atoms with Gasteiger partial charge in [-0.05, 0) is 25.0 Å². The number of ketones is 1. The Morgan fingerprint density at radius 3 is 2.71 bits per heavy atom. The molecule has 1 atom stereocenters. The van der Waals surface area contributed by atoms with Gasteiger partial charge in [-0.2, -0.15) is 5.26 Å². The summed E-state index contributed by atoms with van der Waals surface area (Å²) in [6.07, 6.45) is 1.54. The number of aryl methyl sites for hydroxylation is 1. The van der Waals surface area contributed by atoms with Gasteiger partial charge in [0.1, 0.15) is 5.92 Å². The zero-order valence-corrected chi connectivity index (χ0v) is 9.23. The number of thiophene rings is 1. The third-order valence-corrected chi connectivity index (χ3v) is 3.38. The lowest BCUT2D eigenvalue weighted by molar-refractivity contribution is 0.0950. The van der Waals surface area contributed by atoms with E-state index in [0.29, 0.717) is 6.42 Å². The Hall–Kier alpha value is -1.14. The number of carbonyl (C=O) groups is 1. The van der Waals surface area contributed by atoms with Gasteiger partial charge in [-0.25, -0.2) is 0 Å². The van der Waals surface area contributed by atoms with Gasteiger partial charge in [0.2, 0.25) is 0 Å². The lowest BCUT2D eigenvalue weighted by Crippen LogP contribution is -2.09. The standard InChI is InChI=1S/C11H13NOS/c1-3-8(7-12)11(13)10-6-5-9(4-2)14-10/h5-6,8H,3-4H2,1-2H3. The van der Waals surface area contributed by atoms with Crippen LogP contribution in [-0.2, 0) is 6.42 Å². The maximum atomic E-state index is 11.7. The first-order chi connectivity index (χ1) is 6.72. The Morgan fingerprint density at radius 1 is 1.57 bits per heavy atom. The summed E-state index contributed by atoms with van der Waals surface area (Å²) >= 11 is 1.50. The normalized spacial score (nSPS) is 12.1. The Balaban J connectivity index is 2.84. The molecule has 0 spiro atoms. The number of hydrogen-bond acceptors (Lipinski definition) is 3. The van der Waals surface area contributed by atoms with E-state index in [4.69, 9.17) is 5.26 Å². The molecule has 1 heterocycles. The summed E-state index contributed by atoms with van der Waals surface area (Å²) in [5.41, 5.74) is 0. The van der Waals surface area contributed by atoms with Crippen LogP contribution in [0, 0.1) is 17.2 Å². The van der Waals surface area contributed by atoms with Crippen molar-refractivity contribution in [2.75, 3.05) is 0 Å². The molecule has 0 fully saturated rings. The Morgan fingerprint density at radius 2 is 2.29 bits per heavy atom. The van der Waals surface area contributed by atoms with Crippen molar-refractivity contribution in [1.29, 1.82) is 5.26 Å².